The SMILES string of the molecule is O=C1CCC(C(=O)NC2CC(=O)N(c3ccccc3)C2)=NN1. The van der Waals surface area contributed by atoms with Gasteiger partial charge in [-0.2, -0.15) is 5.10 Å². The molecule has 3 amide bonds. The Labute approximate surface area is 127 Å². The lowest BCUT2D eigenvalue weighted by Crippen LogP contribution is -2.43. The van der Waals surface area contributed by atoms with Crippen LogP contribution >= 0.6 is 0 Å². The third-order valence-corrected chi connectivity index (χ3v) is 3.69. The van der Waals surface area contributed by atoms with E-state index >= 15 is 0 Å². The molecule has 3 rings (SSSR count). The fourth-order valence-corrected chi connectivity index (χ4v) is 2.57. The van der Waals surface area contributed by atoms with Crippen LogP contribution in [0.2, 0.25) is 0 Å². The Morgan fingerprint density at radius 1 is 1.23 bits per heavy atom. The van der Waals surface area contributed by atoms with Crippen molar-refractivity contribution in [2.75, 3.05) is 11.4 Å². The molecule has 1 aromatic carbocycles. The molecule has 114 valence electrons. The van der Waals surface area contributed by atoms with Gasteiger partial charge in [0.05, 0.1) is 6.04 Å². The minimum Gasteiger partial charge on any atom is -0.346 e. The average Bonchev–Trinajstić information content (AvgIpc) is 2.89. The van der Waals surface area contributed by atoms with Crippen molar-refractivity contribution in [2.24, 2.45) is 5.10 Å². The van der Waals surface area contributed by atoms with Crippen molar-refractivity contribution in [3.63, 3.8) is 0 Å². The van der Waals surface area contributed by atoms with Crippen LogP contribution in [0.5, 0.6) is 0 Å². The summed E-state index contributed by atoms with van der Waals surface area (Å²) in [6.07, 6.45) is 0.840. The van der Waals surface area contributed by atoms with Gasteiger partial charge in [-0.15, -0.1) is 0 Å². The van der Waals surface area contributed by atoms with E-state index in [1.807, 2.05) is 30.3 Å². The molecule has 7 heteroatoms. The molecule has 0 saturated carbocycles. The van der Waals surface area contributed by atoms with Gasteiger partial charge < -0.3 is 10.2 Å². The van der Waals surface area contributed by atoms with Crippen LogP contribution in [0.3, 0.4) is 0 Å². The second-order valence-electron chi connectivity index (χ2n) is 5.31. The number of carbonyl (C=O) groups is 3. The number of para-hydroxylation sites is 1. The van der Waals surface area contributed by atoms with Crippen LogP contribution in [-0.4, -0.2) is 36.0 Å². The van der Waals surface area contributed by atoms with Gasteiger partial charge in [-0.05, 0) is 12.1 Å². The minimum absolute atomic E-state index is 0.0182. The molecule has 2 aliphatic heterocycles. The number of anilines is 1. The Bertz CT molecular complexity index is 641. The quantitative estimate of drug-likeness (QED) is 0.834. The van der Waals surface area contributed by atoms with Gasteiger partial charge >= 0.3 is 0 Å². The molecule has 0 aromatic heterocycles. The van der Waals surface area contributed by atoms with Crippen molar-refractivity contribution in [1.82, 2.24) is 10.7 Å². The summed E-state index contributed by atoms with van der Waals surface area (Å²) in [5.41, 5.74) is 3.41. The molecule has 0 radical (unpaired) electrons. The molecule has 1 unspecified atom stereocenters. The second-order valence-corrected chi connectivity index (χ2v) is 5.31. The highest BCUT2D eigenvalue weighted by atomic mass is 16.2. The van der Waals surface area contributed by atoms with Crippen molar-refractivity contribution in [2.45, 2.75) is 25.3 Å². The summed E-state index contributed by atoms with van der Waals surface area (Å²) in [6, 6.07) is 9.10. The maximum absolute atomic E-state index is 12.1. The van der Waals surface area contributed by atoms with Crippen LogP contribution in [-0.2, 0) is 14.4 Å². The van der Waals surface area contributed by atoms with E-state index in [0.717, 1.165) is 5.69 Å². The highest BCUT2D eigenvalue weighted by Gasteiger charge is 2.32. The molecule has 0 spiro atoms. The van der Waals surface area contributed by atoms with Gasteiger partial charge in [0.25, 0.3) is 5.91 Å². The number of hydrazone groups is 1. The van der Waals surface area contributed by atoms with Crippen molar-refractivity contribution in [3.8, 4) is 0 Å². The Morgan fingerprint density at radius 2 is 2.00 bits per heavy atom. The van der Waals surface area contributed by atoms with E-state index in [9.17, 15) is 14.4 Å². The van der Waals surface area contributed by atoms with Gasteiger partial charge in [-0.25, -0.2) is 5.43 Å². The van der Waals surface area contributed by atoms with Gasteiger partial charge in [-0.3, -0.25) is 14.4 Å². The van der Waals surface area contributed by atoms with Crippen LogP contribution in [0, 0.1) is 0 Å². The van der Waals surface area contributed by atoms with Crippen LogP contribution in [0.4, 0.5) is 5.69 Å². The summed E-state index contributed by atoms with van der Waals surface area (Å²) >= 11 is 0. The average molecular weight is 300 g/mol. The first-order valence-corrected chi connectivity index (χ1v) is 7.15. The van der Waals surface area contributed by atoms with Gasteiger partial charge in [0.2, 0.25) is 11.8 Å². The van der Waals surface area contributed by atoms with E-state index in [2.05, 4.69) is 15.8 Å². The van der Waals surface area contributed by atoms with Crippen molar-refractivity contribution >= 4 is 29.1 Å². The number of amides is 3. The summed E-state index contributed by atoms with van der Waals surface area (Å²) in [7, 11) is 0. The van der Waals surface area contributed by atoms with E-state index in [0.29, 0.717) is 18.7 Å². The molecular weight excluding hydrogens is 284 g/mol. The zero-order valence-electron chi connectivity index (χ0n) is 11.9. The van der Waals surface area contributed by atoms with Gasteiger partial charge in [-0.1, -0.05) is 18.2 Å². The lowest BCUT2D eigenvalue weighted by atomic mass is 10.1. The number of hydrogen-bond donors (Lipinski definition) is 2. The fraction of sp³-hybridized carbons (Fsp3) is 0.333. The van der Waals surface area contributed by atoms with Crippen molar-refractivity contribution in [1.29, 1.82) is 0 Å². The third kappa shape index (κ3) is 2.98. The lowest BCUT2D eigenvalue weighted by molar-refractivity contribution is -0.121. The summed E-state index contributed by atoms with van der Waals surface area (Å²) in [5, 5.41) is 6.57. The van der Waals surface area contributed by atoms with Crippen LogP contribution in [0.25, 0.3) is 0 Å². The molecule has 0 aliphatic carbocycles. The van der Waals surface area contributed by atoms with E-state index in [-0.39, 0.29) is 36.6 Å². The Kier molecular flexibility index (Phi) is 3.86. The molecule has 1 aromatic rings. The van der Waals surface area contributed by atoms with E-state index < -0.39 is 0 Å². The third-order valence-electron chi connectivity index (χ3n) is 3.69. The molecule has 1 fully saturated rings. The van der Waals surface area contributed by atoms with Crippen LogP contribution in [0.15, 0.2) is 35.4 Å². The van der Waals surface area contributed by atoms with E-state index in [1.54, 1.807) is 4.90 Å². The number of rotatable bonds is 3. The first kappa shape index (κ1) is 14.2. The first-order valence-electron chi connectivity index (χ1n) is 7.15. The predicted octanol–water partition coefficient (Wildman–Crippen LogP) is 0.174. The molecule has 2 N–H and O–H groups in total. The second kappa shape index (κ2) is 5.97. The summed E-state index contributed by atoms with van der Waals surface area (Å²) in [6.45, 7) is 0.439. The normalized spacial score (nSPS) is 21.4. The van der Waals surface area contributed by atoms with Gasteiger partial charge in [0, 0.05) is 31.5 Å². The predicted molar refractivity (Wildman–Crippen MR) is 80.2 cm³/mol. The molecule has 1 atom stereocenters. The smallest absolute Gasteiger partial charge is 0.267 e. The van der Waals surface area contributed by atoms with E-state index in [1.165, 1.54) is 0 Å². The standard InChI is InChI=1S/C15H16N4O3/c20-13-7-6-12(17-18-13)15(22)16-10-8-14(21)19(9-10)11-4-2-1-3-5-11/h1-5,10H,6-9H2,(H,16,22)(H,18,20). The molecule has 1 saturated heterocycles. The number of benzene rings is 1. The molecular formula is C15H16N4O3. The largest absolute Gasteiger partial charge is 0.346 e. The fourth-order valence-electron chi connectivity index (χ4n) is 2.57. The maximum atomic E-state index is 12.1. The highest BCUT2D eigenvalue weighted by Crippen LogP contribution is 2.21. The molecule has 22 heavy (non-hydrogen) atoms. The topological polar surface area (TPSA) is 90.9 Å². The maximum Gasteiger partial charge on any atom is 0.267 e. The summed E-state index contributed by atoms with van der Waals surface area (Å²) < 4.78 is 0. The monoisotopic (exact) mass is 300 g/mol. The first-order chi connectivity index (χ1) is 10.6. The Balaban J connectivity index is 1.62. The van der Waals surface area contributed by atoms with Crippen LogP contribution in [0.1, 0.15) is 19.3 Å². The molecule has 2 heterocycles. The molecule has 2 aliphatic rings. The van der Waals surface area contributed by atoms with Crippen LogP contribution < -0.4 is 15.6 Å². The Hall–Kier alpha value is -2.70. The number of nitrogens with one attached hydrogen (secondary N) is 2. The number of nitrogens with zero attached hydrogens (tertiary/aromatic N) is 2. The lowest BCUT2D eigenvalue weighted by Gasteiger charge is -2.18. The zero-order chi connectivity index (χ0) is 15.5. The van der Waals surface area contributed by atoms with Crippen molar-refractivity contribution < 1.29 is 14.4 Å². The Morgan fingerprint density at radius 3 is 2.68 bits per heavy atom. The summed E-state index contributed by atoms with van der Waals surface area (Å²) in [5.74, 6) is -0.536. The minimum atomic E-state index is -0.326. The zero-order valence-corrected chi connectivity index (χ0v) is 11.9. The number of hydrogen-bond acceptors (Lipinski definition) is 4. The molecule has 7 nitrogen and oxygen atoms in total. The summed E-state index contributed by atoms with van der Waals surface area (Å²) in [4.78, 5) is 36.8. The van der Waals surface area contributed by atoms with Gasteiger partial charge in [0.15, 0.2) is 0 Å². The van der Waals surface area contributed by atoms with E-state index in [4.69, 9.17) is 0 Å². The highest BCUT2D eigenvalue weighted by molar-refractivity contribution is 6.39. The van der Waals surface area contributed by atoms with Crippen molar-refractivity contribution in [3.05, 3.63) is 30.3 Å². The van der Waals surface area contributed by atoms with Gasteiger partial charge in [0.1, 0.15) is 5.71 Å². The molecule has 0 bridgehead atoms. The number of carbonyl (C=O) groups excluding carboxylic acids is 3.